The Morgan fingerprint density at radius 3 is 2.86 bits per heavy atom. The van der Waals surface area contributed by atoms with Crippen LogP contribution in [0.1, 0.15) is 28.1 Å². The van der Waals surface area contributed by atoms with Gasteiger partial charge >= 0.3 is 0 Å². The molecular weight excluding hydrogens is 394 g/mol. The standard InChI is InChI=1S/C20H21N3O3S2/c1-3-25-19-9-15(6-7-18(19)26-12-17-5-4-8-27-17)11-21-23-20(24)10-16-13-28-14(2)22-16/h4-9,11,13H,3,10,12H2,1-2H3,(H,23,24)/b21-11-. The number of amides is 1. The van der Waals surface area contributed by atoms with Gasteiger partial charge in [-0.05, 0) is 49.1 Å². The lowest BCUT2D eigenvalue weighted by Crippen LogP contribution is -2.19. The third kappa shape index (κ3) is 5.90. The Bertz CT molecular complexity index is 936. The molecule has 0 fully saturated rings. The van der Waals surface area contributed by atoms with Gasteiger partial charge in [-0.3, -0.25) is 4.79 Å². The molecule has 2 aromatic heterocycles. The van der Waals surface area contributed by atoms with Crippen molar-refractivity contribution in [1.29, 1.82) is 0 Å². The third-order valence-electron chi connectivity index (χ3n) is 3.63. The lowest BCUT2D eigenvalue weighted by Gasteiger charge is -2.12. The maximum atomic E-state index is 11.9. The summed E-state index contributed by atoms with van der Waals surface area (Å²) in [6, 6.07) is 9.58. The lowest BCUT2D eigenvalue weighted by atomic mass is 10.2. The van der Waals surface area contributed by atoms with Crippen molar-refractivity contribution in [3.05, 3.63) is 62.2 Å². The van der Waals surface area contributed by atoms with Crippen LogP contribution in [-0.4, -0.2) is 23.7 Å². The number of benzene rings is 1. The molecule has 0 aliphatic rings. The Kier molecular flexibility index (Phi) is 7.16. The Morgan fingerprint density at radius 1 is 1.25 bits per heavy atom. The van der Waals surface area contributed by atoms with Crippen LogP contribution in [0.4, 0.5) is 0 Å². The number of thiophene rings is 1. The predicted octanol–water partition coefficient (Wildman–Crippen LogP) is 4.18. The fraction of sp³-hybridized carbons (Fsp3) is 0.250. The molecule has 0 unspecified atom stereocenters. The van der Waals surface area contributed by atoms with Crippen molar-refractivity contribution in [2.45, 2.75) is 26.9 Å². The van der Waals surface area contributed by atoms with Crippen LogP contribution in [0.5, 0.6) is 11.5 Å². The van der Waals surface area contributed by atoms with E-state index in [2.05, 4.69) is 15.5 Å². The molecule has 0 atom stereocenters. The molecule has 8 heteroatoms. The second-order valence-electron chi connectivity index (χ2n) is 5.84. The monoisotopic (exact) mass is 415 g/mol. The molecule has 2 heterocycles. The second-order valence-corrected chi connectivity index (χ2v) is 7.93. The van der Waals surface area contributed by atoms with Crippen LogP contribution in [0.15, 0.2) is 46.2 Å². The molecule has 0 spiro atoms. The van der Waals surface area contributed by atoms with E-state index in [4.69, 9.17) is 9.47 Å². The van der Waals surface area contributed by atoms with Crippen molar-refractivity contribution < 1.29 is 14.3 Å². The zero-order chi connectivity index (χ0) is 19.8. The minimum absolute atomic E-state index is 0.206. The molecule has 28 heavy (non-hydrogen) atoms. The average Bonchev–Trinajstić information content (AvgIpc) is 3.33. The molecule has 146 valence electrons. The first-order chi connectivity index (χ1) is 13.6. The van der Waals surface area contributed by atoms with Gasteiger partial charge < -0.3 is 9.47 Å². The highest BCUT2D eigenvalue weighted by molar-refractivity contribution is 7.10. The summed E-state index contributed by atoms with van der Waals surface area (Å²) in [6.07, 6.45) is 1.79. The van der Waals surface area contributed by atoms with Gasteiger partial charge in [0.15, 0.2) is 11.5 Å². The van der Waals surface area contributed by atoms with Crippen LogP contribution in [0, 0.1) is 6.92 Å². The number of hydrogen-bond donors (Lipinski definition) is 1. The number of thiazole rings is 1. The van der Waals surface area contributed by atoms with Crippen molar-refractivity contribution in [2.24, 2.45) is 5.10 Å². The Morgan fingerprint density at radius 2 is 2.14 bits per heavy atom. The first-order valence-electron chi connectivity index (χ1n) is 8.79. The summed E-state index contributed by atoms with van der Waals surface area (Å²) in [7, 11) is 0. The quantitative estimate of drug-likeness (QED) is 0.420. The Labute approximate surface area is 171 Å². The zero-order valence-electron chi connectivity index (χ0n) is 15.7. The fourth-order valence-corrected chi connectivity index (χ4v) is 3.64. The minimum atomic E-state index is -0.206. The second kappa shape index (κ2) is 10.0. The maximum Gasteiger partial charge on any atom is 0.246 e. The number of ether oxygens (including phenoxy) is 2. The predicted molar refractivity (Wildman–Crippen MR) is 113 cm³/mol. The van der Waals surface area contributed by atoms with Gasteiger partial charge in [-0.2, -0.15) is 5.10 Å². The summed E-state index contributed by atoms with van der Waals surface area (Å²) in [5.74, 6) is 1.12. The highest BCUT2D eigenvalue weighted by Gasteiger charge is 2.08. The SMILES string of the molecule is CCOc1cc(/C=N\NC(=O)Cc2csc(C)n2)ccc1OCc1cccs1. The molecule has 1 amide bonds. The Balaban J connectivity index is 1.58. The average molecular weight is 416 g/mol. The van der Waals surface area contributed by atoms with E-state index in [0.717, 1.165) is 21.1 Å². The van der Waals surface area contributed by atoms with Crippen molar-refractivity contribution >= 4 is 34.8 Å². The van der Waals surface area contributed by atoms with Gasteiger partial charge in [-0.15, -0.1) is 22.7 Å². The van der Waals surface area contributed by atoms with Crippen LogP contribution >= 0.6 is 22.7 Å². The number of rotatable bonds is 9. The number of carbonyl (C=O) groups excluding carboxylic acids is 1. The minimum Gasteiger partial charge on any atom is -0.490 e. The molecule has 1 N–H and O–H groups in total. The van der Waals surface area contributed by atoms with E-state index in [-0.39, 0.29) is 12.3 Å². The molecule has 0 aliphatic carbocycles. The summed E-state index contributed by atoms with van der Waals surface area (Å²) in [5.41, 5.74) is 4.08. The van der Waals surface area contributed by atoms with E-state index < -0.39 is 0 Å². The van der Waals surface area contributed by atoms with Crippen LogP contribution < -0.4 is 14.9 Å². The van der Waals surface area contributed by atoms with Gasteiger partial charge in [-0.25, -0.2) is 10.4 Å². The molecule has 0 bridgehead atoms. The van der Waals surface area contributed by atoms with Crippen molar-refractivity contribution in [1.82, 2.24) is 10.4 Å². The lowest BCUT2D eigenvalue weighted by molar-refractivity contribution is -0.120. The van der Waals surface area contributed by atoms with Crippen LogP contribution in [0.25, 0.3) is 0 Å². The number of hydrazone groups is 1. The third-order valence-corrected chi connectivity index (χ3v) is 5.30. The van der Waals surface area contributed by atoms with Gasteiger partial charge in [0.2, 0.25) is 5.91 Å². The van der Waals surface area contributed by atoms with E-state index in [1.54, 1.807) is 17.6 Å². The van der Waals surface area contributed by atoms with Gasteiger partial charge in [-0.1, -0.05) is 6.07 Å². The molecule has 3 rings (SSSR count). The summed E-state index contributed by atoms with van der Waals surface area (Å²) >= 11 is 3.17. The molecule has 3 aromatic rings. The van der Waals surface area contributed by atoms with E-state index in [0.29, 0.717) is 24.7 Å². The fourth-order valence-electron chi connectivity index (χ4n) is 2.41. The maximum absolute atomic E-state index is 11.9. The molecule has 0 radical (unpaired) electrons. The highest BCUT2D eigenvalue weighted by Crippen LogP contribution is 2.29. The van der Waals surface area contributed by atoms with E-state index in [1.165, 1.54) is 11.3 Å². The molecule has 0 saturated heterocycles. The van der Waals surface area contributed by atoms with E-state index in [9.17, 15) is 4.79 Å². The number of carbonyl (C=O) groups is 1. The van der Waals surface area contributed by atoms with Gasteiger partial charge in [0.25, 0.3) is 0 Å². The van der Waals surface area contributed by atoms with Crippen LogP contribution in [0.3, 0.4) is 0 Å². The van der Waals surface area contributed by atoms with Crippen molar-refractivity contribution in [3.8, 4) is 11.5 Å². The van der Waals surface area contributed by atoms with E-state index >= 15 is 0 Å². The first-order valence-corrected chi connectivity index (χ1v) is 10.5. The number of aromatic nitrogens is 1. The summed E-state index contributed by atoms with van der Waals surface area (Å²) in [4.78, 5) is 17.3. The normalized spacial score (nSPS) is 10.9. The number of nitrogens with zero attached hydrogens (tertiary/aromatic N) is 2. The van der Waals surface area contributed by atoms with Gasteiger partial charge in [0.1, 0.15) is 6.61 Å². The number of nitrogens with one attached hydrogen (secondary N) is 1. The Hall–Kier alpha value is -2.71. The van der Waals surface area contributed by atoms with E-state index in [1.807, 2.05) is 54.9 Å². The molecule has 0 aliphatic heterocycles. The smallest absolute Gasteiger partial charge is 0.246 e. The molecular formula is C20H21N3O3S2. The number of aryl methyl sites for hydroxylation is 1. The highest BCUT2D eigenvalue weighted by atomic mass is 32.1. The topological polar surface area (TPSA) is 72.8 Å². The first kappa shape index (κ1) is 20.0. The molecule has 6 nitrogen and oxygen atoms in total. The summed E-state index contributed by atoms with van der Waals surface area (Å²) in [5, 5.41) is 8.86. The number of hydrogen-bond acceptors (Lipinski definition) is 7. The van der Waals surface area contributed by atoms with Crippen molar-refractivity contribution in [3.63, 3.8) is 0 Å². The van der Waals surface area contributed by atoms with Crippen LogP contribution in [-0.2, 0) is 17.8 Å². The largest absolute Gasteiger partial charge is 0.490 e. The van der Waals surface area contributed by atoms with Crippen LogP contribution in [0.2, 0.25) is 0 Å². The van der Waals surface area contributed by atoms with Gasteiger partial charge in [0.05, 0.1) is 29.9 Å². The molecule has 1 aromatic carbocycles. The van der Waals surface area contributed by atoms with Gasteiger partial charge in [0, 0.05) is 10.3 Å². The zero-order valence-corrected chi connectivity index (χ0v) is 17.3. The summed E-state index contributed by atoms with van der Waals surface area (Å²) in [6.45, 7) is 4.86. The van der Waals surface area contributed by atoms with Crippen molar-refractivity contribution in [2.75, 3.05) is 6.61 Å². The molecule has 0 saturated carbocycles. The summed E-state index contributed by atoms with van der Waals surface area (Å²) < 4.78 is 11.5.